The van der Waals surface area contributed by atoms with E-state index in [4.69, 9.17) is 5.73 Å². The Kier molecular flexibility index (Phi) is 2.81. The Hall–Kier alpha value is -1.33. The number of nitrogens with two attached hydrogens (primary N) is 1. The van der Waals surface area contributed by atoms with Crippen molar-refractivity contribution in [3.05, 3.63) is 29.0 Å². The fourth-order valence-electron chi connectivity index (χ4n) is 1.10. The summed E-state index contributed by atoms with van der Waals surface area (Å²) in [6.45, 7) is 0.632. The summed E-state index contributed by atoms with van der Waals surface area (Å²) >= 11 is 1.61. The Morgan fingerprint density at radius 2 is 2.21 bits per heavy atom. The number of aromatic nitrogens is 3. The standard InChI is InChI=1S/C9H10N4S/c10-2-1-9-13-8(6-14-9)7-5-11-3-4-12-7/h3-6H,1-2,10H2. The number of hydrogen-bond acceptors (Lipinski definition) is 5. The number of hydrogen-bond donors (Lipinski definition) is 1. The molecule has 0 aliphatic heterocycles. The van der Waals surface area contributed by atoms with Gasteiger partial charge in [0.05, 0.1) is 11.2 Å². The van der Waals surface area contributed by atoms with E-state index in [1.54, 1.807) is 29.9 Å². The molecule has 0 aliphatic carbocycles. The van der Waals surface area contributed by atoms with Crippen LogP contribution in [-0.4, -0.2) is 21.5 Å². The normalized spacial score (nSPS) is 10.4. The largest absolute Gasteiger partial charge is 0.330 e. The zero-order chi connectivity index (χ0) is 9.80. The molecule has 14 heavy (non-hydrogen) atoms. The first-order valence-electron chi connectivity index (χ1n) is 4.31. The van der Waals surface area contributed by atoms with Crippen LogP contribution < -0.4 is 5.73 Å². The van der Waals surface area contributed by atoms with E-state index in [-0.39, 0.29) is 0 Å². The molecule has 0 aliphatic rings. The lowest BCUT2D eigenvalue weighted by Crippen LogP contribution is -2.02. The summed E-state index contributed by atoms with van der Waals surface area (Å²) in [7, 11) is 0. The first-order valence-corrected chi connectivity index (χ1v) is 5.19. The van der Waals surface area contributed by atoms with E-state index in [0.717, 1.165) is 22.8 Å². The summed E-state index contributed by atoms with van der Waals surface area (Å²) in [4.78, 5) is 12.6. The van der Waals surface area contributed by atoms with Crippen LogP contribution in [0.1, 0.15) is 5.01 Å². The molecule has 2 aromatic rings. The molecule has 0 amide bonds. The summed E-state index contributed by atoms with van der Waals surface area (Å²) < 4.78 is 0. The van der Waals surface area contributed by atoms with Crippen molar-refractivity contribution in [3.63, 3.8) is 0 Å². The van der Waals surface area contributed by atoms with Gasteiger partial charge >= 0.3 is 0 Å². The molecule has 2 aromatic heterocycles. The van der Waals surface area contributed by atoms with Crippen LogP contribution in [0.3, 0.4) is 0 Å². The van der Waals surface area contributed by atoms with E-state index in [9.17, 15) is 0 Å². The van der Waals surface area contributed by atoms with Gasteiger partial charge in [-0.1, -0.05) is 0 Å². The number of thiazole rings is 1. The molecule has 0 spiro atoms. The fourth-order valence-corrected chi connectivity index (χ4v) is 1.91. The smallest absolute Gasteiger partial charge is 0.108 e. The van der Waals surface area contributed by atoms with Crippen molar-refractivity contribution >= 4 is 11.3 Å². The Morgan fingerprint density at radius 3 is 2.93 bits per heavy atom. The zero-order valence-corrected chi connectivity index (χ0v) is 8.37. The van der Waals surface area contributed by atoms with Crippen LogP contribution in [0, 0.1) is 0 Å². The molecular formula is C9H10N4S. The summed E-state index contributed by atoms with van der Waals surface area (Å²) in [6.07, 6.45) is 5.85. The van der Waals surface area contributed by atoms with Gasteiger partial charge in [0.2, 0.25) is 0 Å². The molecule has 0 saturated carbocycles. The van der Waals surface area contributed by atoms with Crippen molar-refractivity contribution in [1.82, 2.24) is 15.0 Å². The average molecular weight is 206 g/mol. The van der Waals surface area contributed by atoms with Gasteiger partial charge in [0.25, 0.3) is 0 Å². The molecule has 0 radical (unpaired) electrons. The van der Waals surface area contributed by atoms with Gasteiger partial charge in [-0.05, 0) is 6.54 Å². The first kappa shape index (κ1) is 9.23. The van der Waals surface area contributed by atoms with E-state index in [2.05, 4.69) is 15.0 Å². The summed E-state index contributed by atoms with van der Waals surface area (Å²) in [5, 5.41) is 3.03. The average Bonchev–Trinajstić information content (AvgIpc) is 2.68. The summed E-state index contributed by atoms with van der Waals surface area (Å²) in [6, 6.07) is 0. The molecule has 4 nitrogen and oxygen atoms in total. The lowest BCUT2D eigenvalue weighted by Gasteiger charge is -1.92. The lowest BCUT2D eigenvalue weighted by molar-refractivity contribution is 0.953. The van der Waals surface area contributed by atoms with Gasteiger partial charge in [-0.2, -0.15) is 0 Å². The minimum atomic E-state index is 0.632. The monoisotopic (exact) mass is 206 g/mol. The van der Waals surface area contributed by atoms with Crippen molar-refractivity contribution in [1.29, 1.82) is 0 Å². The second kappa shape index (κ2) is 4.26. The third kappa shape index (κ3) is 1.94. The molecule has 0 saturated heterocycles. The molecular weight excluding hydrogens is 196 g/mol. The predicted octanol–water partition coefficient (Wildman–Crippen LogP) is 1.10. The van der Waals surface area contributed by atoms with E-state index >= 15 is 0 Å². The molecule has 2 heterocycles. The lowest BCUT2D eigenvalue weighted by atomic mass is 10.3. The van der Waals surface area contributed by atoms with Gasteiger partial charge in [0.1, 0.15) is 11.4 Å². The zero-order valence-electron chi connectivity index (χ0n) is 7.55. The maximum Gasteiger partial charge on any atom is 0.108 e. The van der Waals surface area contributed by atoms with Crippen LogP contribution in [-0.2, 0) is 6.42 Å². The predicted molar refractivity (Wildman–Crippen MR) is 55.9 cm³/mol. The van der Waals surface area contributed by atoms with E-state index in [1.807, 2.05) is 5.38 Å². The van der Waals surface area contributed by atoms with E-state index in [0.29, 0.717) is 6.54 Å². The van der Waals surface area contributed by atoms with Crippen LogP contribution >= 0.6 is 11.3 Å². The SMILES string of the molecule is NCCc1nc(-c2cnccn2)cs1. The second-order valence-electron chi connectivity index (χ2n) is 2.76. The molecule has 0 fully saturated rings. The van der Waals surface area contributed by atoms with E-state index in [1.165, 1.54) is 0 Å². The highest BCUT2D eigenvalue weighted by atomic mass is 32.1. The van der Waals surface area contributed by atoms with Gasteiger partial charge in [-0.15, -0.1) is 11.3 Å². The quantitative estimate of drug-likeness (QED) is 0.816. The van der Waals surface area contributed by atoms with Crippen molar-refractivity contribution in [2.75, 3.05) is 6.54 Å². The molecule has 0 aromatic carbocycles. The molecule has 2 N–H and O–H groups in total. The van der Waals surface area contributed by atoms with Crippen LogP contribution in [0.5, 0.6) is 0 Å². The topological polar surface area (TPSA) is 64.7 Å². The highest BCUT2D eigenvalue weighted by Crippen LogP contribution is 2.18. The van der Waals surface area contributed by atoms with E-state index < -0.39 is 0 Å². The Bertz CT molecular complexity index is 398. The van der Waals surface area contributed by atoms with Crippen LogP contribution in [0.25, 0.3) is 11.4 Å². The van der Waals surface area contributed by atoms with Crippen LogP contribution in [0.2, 0.25) is 0 Å². The van der Waals surface area contributed by atoms with Crippen LogP contribution in [0.4, 0.5) is 0 Å². The number of rotatable bonds is 3. The molecule has 0 bridgehead atoms. The van der Waals surface area contributed by atoms with Gasteiger partial charge in [0, 0.05) is 24.2 Å². The van der Waals surface area contributed by atoms with Gasteiger partial charge in [-0.3, -0.25) is 9.97 Å². The van der Waals surface area contributed by atoms with Gasteiger partial charge < -0.3 is 5.73 Å². The maximum absolute atomic E-state index is 5.45. The molecule has 0 atom stereocenters. The third-order valence-corrected chi connectivity index (χ3v) is 2.64. The summed E-state index contributed by atoms with van der Waals surface area (Å²) in [5.74, 6) is 0. The number of nitrogens with zero attached hydrogens (tertiary/aromatic N) is 3. The Morgan fingerprint density at radius 1 is 1.29 bits per heavy atom. The molecule has 2 rings (SSSR count). The van der Waals surface area contributed by atoms with Crippen molar-refractivity contribution < 1.29 is 0 Å². The minimum Gasteiger partial charge on any atom is -0.330 e. The van der Waals surface area contributed by atoms with Crippen molar-refractivity contribution in [2.24, 2.45) is 5.73 Å². The first-order chi connectivity index (χ1) is 6.90. The fraction of sp³-hybridized carbons (Fsp3) is 0.222. The maximum atomic E-state index is 5.45. The van der Waals surface area contributed by atoms with Gasteiger partial charge in [-0.25, -0.2) is 4.98 Å². The molecule has 0 unspecified atom stereocenters. The second-order valence-corrected chi connectivity index (χ2v) is 3.70. The van der Waals surface area contributed by atoms with Crippen molar-refractivity contribution in [3.8, 4) is 11.4 Å². The third-order valence-electron chi connectivity index (χ3n) is 1.74. The minimum absolute atomic E-state index is 0.632. The van der Waals surface area contributed by atoms with Crippen LogP contribution in [0.15, 0.2) is 24.0 Å². The van der Waals surface area contributed by atoms with Crippen molar-refractivity contribution in [2.45, 2.75) is 6.42 Å². The highest BCUT2D eigenvalue weighted by Gasteiger charge is 2.04. The molecule has 72 valence electrons. The molecule has 5 heteroatoms. The Labute approximate surface area is 85.9 Å². The summed E-state index contributed by atoms with van der Waals surface area (Å²) in [5.41, 5.74) is 7.14. The highest BCUT2D eigenvalue weighted by molar-refractivity contribution is 7.09. The van der Waals surface area contributed by atoms with Gasteiger partial charge in [0.15, 0.2) is 0 Å². The Balaban J connectivity index is 2.25.